The van der Waals surface area contributed by atoms with Crippen molar-refractivity contribution in [2.24, 2.45) is 0 Å². The molecule has 1 fully saturated rings. The molecule has 0 saturated carbocycles. The van der Waals surface area contributed by atoms with Crippen molar-refractivity contribution in [3.63, 3.8) is 0 Å². The van der Waals surface area contributed by atoms with Crippen LogP contribution in [-0.2, 0) is 31.6 Å². The van der Waals surface area contributed by atoms with E-state index in [0.717, 1.165) is 29.0 Å². The average Bonchev–Trinajstić information content (AvgIpc) is 3.37. The lowest BCUT2D eigenvalue weighted by Gasteiger charge is -2.47. The Labute approximate surface area is 288 Å². The molecule has 0 aliphatic carbocycles. The van der Waals surface area contributed by atoms with Crippen molar-refractivity contribution in [2.45, 2.75) is 49.1 Å². The van der Waals surface area contributed by atoms with Crippen LogP contribution in [0, 0.1) is 5.82 Å². The van der Waals surface area contributed by atoms with Gasteiger partial charge in [-0.1, -0.05) is 19.4 Å². The van der Waals surface area contributed by atoms with Gasteiger partial charge in [-0.2, -0.15) is 0 Å². The zero-order valence-corrected chi connectivity index (χ0v) is 30.0. The number of ether oxygens (including phenoxy) is 3. The lowest BCUT2D eigenvalue weighted by atomic mass is 9.78. The third-order valence-corrected chi connectivity index (χ3v) is 11.3. The molecular formula is C36H45FN4O7S. The van der Waals surface area contributed by atoms with Gasteiger partial charge < -0.3 is 24.0 Å². The smallest absolute Gasteiger partial charge is 0.274 e. The normalized spacial score (nSPS) is 19.6. The molecule has 0 spiro atoms. The van der Waals surface area contributed by atoms with E-state index >= 15 is 9.18 Å². The number of hydrogen-bond acceptors (Lipinski definition) is 9. The van der Waals surface area contributed by atoms with Crippen LogP contribution in [0.5, 0.6) is 17.2 Å². The van der Waals surface area contributed by atoms with Crippen LogP contribution in [0.3, 0.4) is 0 Å². The van der Waals surface area contributed by atoms with Gasteiger partial charge in [-0.25, -0.2) is 17.1 Å². The summed E-state index contributed by atoms with van der Waals surface area (Å²) in [6.07, 6.45) is 2.37. The van der Waals surface area contributed by atoms with E-state index in [1.165, 1.54) is 56.6 Å². The van der Waals surface area contributed by atoms with Gasteiger partial charge in [0.2, 0.25) is 5.91 Å². The molecule has 3 aromatic carbocycles. The Balaban J connectivity index is 1.86. The second kappa shape index (κ2) is 14.3. The first-order valence-electron chi connectivity index (χ1n) is 16.3. The molecule has 3 aromatic rings. The van der Waals surface area contributed by atoms with E-state index in [1.54, 1.807) is 25.1 Å². The maximum absolute atomic E-state index is 15.6. The summed E-state index contributed by atoms with van der Waals surface area (Å²) in [5.74, 6) is -1.16. The monoisotopic (exact) mass is 696 g/mol. The number of hydrogen-bond donors (Lipinski definition) is 0. The molecule has 11 nitrogen and oxygen atoms in total. The molecule has 2 amide bonds. The highest BCUT2D eigenvalue weighted by atomic mass is 32.2. The fourth-order valence-corrected chi connectivity index (χ4v) is 8.53. The number of piperidine rings is 1. The van der Waals surface area contributed by atoms with Crippen molar-refractivity contribution < 1.29 is 36.6 Å². The van der Waals surface area contributed by atoms with Crippen LogP contribution in [0.25, 0.3) is 0 Å². The highest BCUT2D eigenvalue weighted by Gasteiger charge is 2.62. The second-order valence-corrected chi connectivity index (χ2v) is 14.3. The molecule has 5 rings (SSSR count). The van der Waals surface area contributed by atoms with Crippen LogP contribution in [-0.4, -0.2) is 103 Å². The Morgan fingerprint density at radius 2 is 1.67 bits per heavy atom. The van der Waals surface area contributed by atoms with E-state index in [2.05, 4.69) is 11.8 Å². The number of carbonyl (C=O) groups excluding carboxylic acids is 2. The highest BCUT2D eigenvalue weighted by molar-refractivity contribution is 7.93. The number of anilines is 1. The summed E-state index contributed by atoms with van der Waals surface area (Å²) in [7, 11) is 4.83. The quantitative estimate of drug-likeness (QED) is 0.275. The molecule has 2 aliphatic heterocycles. The lowest BCUT2D eigenvalue weighted by Crippen LogP contribution is -2.62. The number of benzene rings is 3. The topological polar surface area (TPSA) is 109 Å². The number of amides is 2. The Morgan fingerprint density at radius 3 is 2.33 bits per heavy atom. The van der Waals surface area contributed by atoms with Crippen molar-refractivity contribution in [1.82, 2.24) is 14.7 Å². The second-order valence-electron chi connectivity index (χ2n) is 12.6. The number of likely N-dealkylation sites (tertiary alicyclic amines) is 1. The molecule has 0 radical (unpaired) electrons. The first-order valence-corrected chi connectivity index (χ1v) is 17.8. The number of fused-ring (bicyclic) bond motifs is 1. The predicted octanol–water partition coefficient (Wildman–Crippen LogP) is 4.27. The Hall–Kier alpha value is -4.20. The van der Waals surface area contributed by atoms with Gasteiger partial charge in [-0.3, -0.25) is 14.5 Å². The molecular weight excluding hydrogens is 651 g/mol. The zero-order valence-electron chi connectivity index (χ0n) is 29.2. The van der Waals surface area contributed by atoms with Gasteiger partial charge in [0.1, 0.15) is 28.0 Å². The van der Waals surface area contributed by atoms with Crippen LogP contribution in [0.4, 0.5) is 10.1 Å². The van der Waals surface area contributed by atoms with E-state index in [1.807, 2.05) is 19.2 Å². The molecule has 2 aliphatic rings. The minimum absolute atomic E-state index is 0.0240. The third-order valence-electron chi connectivity index (χ3n) is 9.59. The number of methoxy groups -OCH3 is 3. The van der Waals surface area contributed by atoms with E-state index in [0.29, 0.717) is 42.7 Å². The zero-order chi connectivity index (χ0) is 35.7. The van der Waals surface area contributed by atoms with Crippen molar-refractivity contribution in [1.29, 1.82) is 0 Å². The Kier molecular flexibility index (Phi) is 10.6. The summed E-state index contributed by atoms with van der Waals surface area (Å²) in [4.78, 5) is 34.6. The molecule has 1 saturated heterocycles. The van der Waals surface area contributed by atoms with Gasteiger partial charge in [0.25, 0.3) is 15.9 Å². The first kappa shape index (κ1) is 36.1. The van der Waals surface area contributed by atoms with Gasteiger partial charge in [0.15, 0.2) is 5.54 Å². The summed E-state index contributed by atoms with van der Waals surface area (Å²) in [6, 6.07) is 12.5. The van der Waals surface area contributed by atoms with Crippen molar-refractivity contribution in [2.75, 3.05) is 66.4 Å². The minimum atomic E-state index is -4.70. The Morgan fingerprint density at radius 1 is 0.939 bits per heavy atom. The number of halogens is 1. The molecule has 0 N–H and O–H groups in total. The van der Waals surface area contributed by atoms with E-state index in [9.17, 15) is 13.2 Å². The summed E-state index contributed by atoms with van der Waals surface area (Å²) >= 11 is 0. The van der Waals surface area contributed by atoms with Crippen LogP contribution in [0.2, 0.25) is 0 Å². The van der Waals surface area contributed by atoms with Crippen LogP contribution in [0.1, 0.15) is 42.9 Å². The lowest BCUT2D eigenvalue weighted by molar-refractivity contribution is -0.142. The third kappa shape index (κ3) is 6.23. The fraction of sp³-hybridized carbons (Fsp3) is 0.444. The average molecular weight is 697 g/mol. The SMILES string of the molecule is CCN(C)CCc1ccc(OC)c(C2(N3CCCC[C@H]3C(=O)N(C)C)C(=O)N(S(=O)(=O)c3ccc(OC)cc3OC)c3ccc(F)cc32)c1. The van der Waals surface area contributed by atoms with E-state index < -0.39 is 33.3 Å². The van der Waals surface area contributed by atoms with Gasteiger partial charge in [-0.15, -0.1) is 0 Å². The molecule has 1 unspecified atom stereocenters. The van der Waals surface area contributed by atoms with Crippen molar-refractivity contribution in [3.05, 3.63) is 77.1 Å². The molecule has 13 heteroatoms. The highest BCUT2D eigenvalue weighted by Crippen LogP contribution is 2.55. The molecule has 2 atom stereocenters. The molecule has 0 aromatic heterocycles. The van der Waals surface area contributed by atoms with Crippen LogP contribution >= 0.6 is 0 Å². The van der Waals surface area contributed by atoms with E-state index in [-0.39, 0.29) is 34.3 Å². The number of rotatable bonds is 12. The van der Waals surface area contributed by atoms with Crippen LogP contribution < -0.4 is 18.5 Å². The fourth-order valence-electron chi connectivity index (χ4n) is 6.92. The summed E-state index contributed by atoms with van der Waals surface area (Å²) in [6.45, 7) is 3.87. The molecule has 2 heterocycles. The molecule has 0 bridgehead atoms. The van der Waals surface area contributed by atoms with Gasteiger partial charge >= 0.3 is 0 Å². The summed E-state index contributed by atoms with van der Waals surface area (Å²) in [5.41, 5.74) is -0.677. The molecule has 49 heavy (non-hydrogen) atoms. The predicted molar refractivity (Wildman–Crippen MR) is 184 cm³/mol. The van der Waals surface area contributed by atoms with Gasteiger partial charge in [-0.05, 0) is 80.9 Å². The number of sulfonamides is 1. The standard InChI is InChI=1S/C36H45FN4O7S/c1-8-39(4)20-18-24-12-16-31(47-6)28(21-24)36(40-19-10-9-11-30(40)34(42)38(2)3)27-22-25(37)13-15-29(27)41(35(36)43)49(44,45)33-17-14-26(46-5)23-32(33)48-7/h12-17,21-23,30H,8-11,18-20H2,1-7H3/t30-,36?/m0/s1. The Bertz CT molecular complexity index is 1840. The van der Waals surface area contributed by atoms with Crippen molar-refractivity contribution in [3.8, 4) is 17.2 Å². The minimum Gasteiger partial charge on any atom is -0.497 e. The maximum Gasteiger partial charge on any atom is 0.274 e. The summed E-state index contributed by atoms with van der Waals surface area (Å²) in [5, 5.41) is 0. The van der Waals surface area contributed by atoms with Crippen LogP contribution in [0.15, 0.2) is 59.5 Å². The van der Waals surface area contributed by atoms with E-state index in [4.69, 9.17) is 14.2 Å². The van der Waals surface area contributed by atoms with Crippen molar-refractivity contribution >= 4 is 27.5 Å². The summed E-state index contributed by atoms with van der Waals surface area (Å²) < 4.78 is 62.5. The first-order chi connectivity index (χ1) is 23.4. The number of nitrogens with zero attached hydrogens (tertiary/aromatic N) is 4. The number of carbonyl (C=O) groups is 2. The van der Waals surface area contributed by atoms with Gasteiger partial charge in [0.05, 0.1) is 33.1 Å². The largest absolute Gasteiger partial charge is 0.497 e. The van der Waals surface area contributed by atoms with Gasteiger partial charge in [0, 0.05) is 44.4 Å². The maximum atomic E-state index is 15.6. The molecule has 264 valence electrons. The number of likely N-dealkylation sites (N-methyl/N-ethyl adjacent to an activating group) is 2.